The van der Waals surface area contributed by atoms with Gasteiger partial charge in [-0.25, -0.2) is 19.2 Å². The molecule has 0 aliphatic heterocycles. The molecule has 3 rings (SSSR count). The number of nitrogens with zero attached hydrogens (tertiary/aromatic N) is 3. The van der Waals surface area contributed by atoms with Crippen LogP contribution in [0.1, 0.15) is 28.6 Å². The Hall–Kier alpha value is -2.78. The molecule has 0 fully saturated rings. The molecule has 1 atom stereocenters. The predicted octanol–water partition coefficient (Wildman–Crippen LogP) is 4.39. The first-order valence-corrected chi connectivity index (χ1v) is 10.3. The van der Waals surface area contributed by atoms with Crippen LogP contribution in [0.4, 0.5) is 15.9 Å². The third-order valence-corrected chi connectivity index (χ3v) is 5.79. The van der Waals surface area contributed by atoms with E-state index in [-0.39, 0.29) is 11.9 Å². The highest BCUT2D eigenvalue weighted by Gasteiger charge is 2.20. The first-order chi connectivity index (χ1) is 14.3. The smallest absolute Gasteiger partial charge is 0.348 e. The van der Waals surface area contributed by atoms with Gasteiger partial charge in [-0.15, -0.1) is 11.3 Å². The molecule has 2 aromatic heterocycles. The normalized spacial score (nSPS) is 12.2. The molecule has 0 aliphatic rings. The number of rotatable bonds is 8. The van der Waals surface area contributed by atoms with E-state index in [4.69, 9.17) is 9.47 Å². The minimum atomic E-state index is -0.415. The third-order valence-electron chi connectivity index (χ3n) is 4.61. The minimum absolute atomic E-state index is 0.103. The van der Waals surface area contributed by atoms with Gasteiger partial charge in [-0.2, -0.15) is 0 Å². The summed E-state index contributed by atoms with van der Waals surface area (Å²) in [5.74, 6) is 0.111. The zero-order valence-corrected chi connectivity index (χ0v) is 18.5. The van der Waals surface area contributed by atoms with Crippen molar-refractivity contribution in [2.24, 2.45) is 0 Å². The van der Waals surface area contributed by atoms with Crippen molar-refractivity contribution < 1.29 is 18.7 Å². The predicted molar refractivity (Wildman–Crippen MR) is 116 cm³/mol. The van der Waals surface area contributed by atoms with E-state index >= 15 is 0 Å². The van der Waals surface area contributed by atoms with Crippen molar-refractivity contribution in [3.05, 3.63) is 40.8 Å². The van der Waals surface area contributed by atoms with E-state index < -0.39 is 5.97 Å². The van der Waals surface area contributed by atoms with Crippen LogP contribution in [-0.4, -0.2) is 54.7 Å². The molecule has 0 bridgehead atoms. The maximum absolute atomic E-state index is 13.9. The molecule has 7 nitrogen and oxygen atoms in total. The van der Waals surface area contributed by atoms with E-state index in [1.165, 1.54) is 36.9 Å². The second-order valence-electron chi connectivity index (χ2n) is 7.24. The van der Waals surface area contributed by atoms with E-state index in [2.05, 4.69) is 20.2 Å². The molecule has 9 heteroatoms. The highest BCUT2D eigenvalue weighted by molar-refractivity contribution is 7.20. The molecule has 0 amide bonds. The van der Waals surface area contributed by atoms with Crippen LogP contribution < -0.4 is 10.1 Å². The Kier molecular flexibility index (Phi) is 6.84. The first-order valence-electron chi connectivity index (χ1n) is 9.50. The van der Waals surface area contributed by atoms with Crippen molar-refractivity contribution in [3.8, 4) is 5.75 Å². The van der Waals surface area contributed by atoms with Gasteiger partial charge in [0.05, 0.1) is 24.3 Å². The summed E-state index contributed by atoms with van der Waals surface area (Å²) in [6.45, 7) is 4.63. The lowest BCUT2D eigenvalue weighted by molar-refractivity contribution is 0.0605. The van der Waals surface area contributed by atoms with E-state index in [1.807, 2.05) is 27.9 Å². The first kappa shape index (κ1) is 21.9. The Bertz CT molecular complexity index is 1050. The third kappa shape index (κ3) is 4.85. The summed E-state index contributed by atoms with van der Waals surface area (Å²) < 4.78 is 24.8. The monoisotopic (exact) mass is 432 g/mol. The van der Waals surface area contributed by atoms with E-state index in [1.54, 1.807) is 6.07 Å². The molecule has 30 heavy (non-hydrogen) atoms. The number of methoxy groups -OCH3 is 1. The van der Waals surface area contributed by atoms with Crippen LogP contribution in [0.5, 0.6) is 5.75 Å². The molecular weight excluding hydrogens is 407 g/mol. The van der Waals surface area contributed by atoms with Gasteiger partial charge in [-0.05, 0) is 52.1 Å². The molecule has 1 N–H and O–H groups in total. The SMILES string of the molecule is COC(=O)c1sc2ncnc(Nc3ccc(F)cc3OC(C)CCN(C)C)c2c1C. The lowest BCUT2D eigenvalue weighted by Gasteiger charge is -2.20. The van der Waals surface area contributed by atoms with Gasteiger partial charge in [-0.1, -0.05) is 0 Å². The number of aryl methyl sites for hydroxylation is 1. The standard InChI is InChI=1S/C21H25FN4O3S/c1-12(8-9-26(3)4)29-16-10-14(22)6-7-15(16)25-19-17-13(2)18(21(27)28-5)30-20(17)24-11-23-19/h6-7,10-12H,8-9H2,1-5H3,(H,23,24,25). The summed E-state index contributed by atoms with van der Waals surface area (Å²) in [5, 5.41) is 3.95. The van der Waals surface area contributed by atoms with Gasteiger partial charge in [0.25, 0.3) is 0 Å². The van der Waals surface area contributed by atoms with E-state index in [0.717, 1.165) is 23.9 Å². The highest BCUT2D eigenvalue weighted by atomic mass is 32.1. The molecule has 3 aromatic rings. The number of hydrogen-bond donors (Lipinski definition) is 1. The zero-order valence-electron chi connectivity index (χ0n) is 17.7. The molecule has 0 radical (unpaired) electrons. The van der Waals surface area contributed by atoms with Crippen LogP contribution in [0.15, 0.2) is 24.5 Å². The second kappa shape index (κ2) is 9.36. The molecule has 0 saturated heterocycles. The van der Waals surface area contributed by atoms with Crippen molar-refractivity contribution >= 4 is 39.0 Å². The summed E-state index contributed by atoms with van der Waals surface area (Å²) in [4.78, 5) is 23.9. The molecule has 1 aromatic carbocycles. The second-order valence-corrected chi connectivity index (χ2v) is 8.24. The van der Waals surface area contributed by atoms with Crippen molar-refractivity contribution in [1.82, 2.24) is 14.9 Å². The number of ether oxygens (including phenoxy) is 2. The van der Waals surface area contributed by atoms with Gasteiger partial charge < -0.3 is 19.7 Å². The summed E-state index contributed by atoms with van der Waals surface area (Å²) in [6, 6.07) is 4.33. The van der Waals surface area contributed by atoms with Gasteiger partial charge in [0.15, 0.2) is 0 Å². The average Bonchev–Trinajstić information content (AvgIpc) is 3.05. The lowest BCUT2D eigenvalue weighted by atomic mass is 10.2. The maximum atomic E-state index is 13.9. The number of thiophene rings is 1. The molecule has 0 aliphatic carbocycles. The number of benzene rings is 1. The fraction of sp³-hybridized carbons (Fsp3) is 0.381. The number of esters is 1. The van der Waals surface area contributed by atoms with Crippen LogP contribution in [0, 0.1) is 12.7 Å². The Morgan fingerprint density at radius 3 is 2.80 bits per heavy atom. The van der Waals surface area contributed by atoms with Crippen LogP contribution in [-0.2, 0) is 4.74 Å². The van der Waals surface area contributed by atoms with Crippen LogP contribution in [0.2, 0.25) is 0 Å². The Balaban J connectivity index is 1.94. The number of aromatic nitrogens is 2. The summed E-state index contributed by atoms with van der Waals surface area (Å²) >= 11 is 1.25. The number of halogens is 1. The molecule has 1 unspecified atom stereocenters. The summed E-state index contributed by atoms with van der Waals surface area (Å²) in [7, 11) is 5.33. The van der Waals surface area contributed by atoms with E-state index in [0.29, 0.717) is 27.0 Å². The van der Waals surface area contributed by atoms with Crippen molar-refractivity contribution in [2.45, 2.75) is 26.4 Å². The largest absolute Gasteiger partial charge is 0.488 e. The molecular formula is C21H25FN4O3S. The fourth-order valence-corrected chi connectivity index (χ4v) is 4.06. The number of anilines is 2. The van der Waals surface area contributed by atoms with Crippen LogP contribution in [0.25, 0.3) is 10.2 Å². The average molecular weight is 433 g/mol. The number of hydrogen-bond acceptors (Lipinski definition) is 8. The summed E-state index contributed by atoms with van der Waals surface area (Å²) in [5.41, 5.74) is 1.31. The Morgan fingerprint density at radius 1 is 1.33 bits per heavy atom. The van der Waals surface area contributed by atoms with Crippen molar-refractivity contribution in [1.29, 1.82) is 0 Å². The van der Waals surface area contributed by atoms with Gasteiger partial charge >= 0.3 is 5.97 Å². The Labute approximate surface area is 178 Å². The van der Waals surface area contributed by atoms with Gasteiger partial charge in [-0.3, -0.25) is 0 Å². The van der Waals surface area contributed by atoms with Gasteiger partial charge in [0.1, 0.15) is 33.4 Å². The van der Waals surface area contributed by atoms with Crippen LogP contribution >= 0.6 is 11.3 Å². The zero-order chi connectivity index (χ0) is 21.8. The molecule has 0 spiro atoms. The topological polar surface area (TPSA) is 76.6 Å². The minimum Gasteiger partial charge on any atom is -0.488 e. The molecule has 2 heterocycles. The lowest BCUT2D eigenvalue weighted by Crippen LogP contribution is -2.21. The number of fused-ring (bicyclic) bond motifs is 1. The van der Waals surface area contributed by atoms with Gasteiger partial charge in [0.2, 0.25) is 0 Å². The fourth-order valence-electron chi connectivity index (χ4n) is 2.99. The van der Waals surface area contributed by atoms with Crippen molar-refractivity contribution in [3.63, 3.8) is 0 Å². The quantitative estimate of drug-likeness (QED) is 0.529. The highest BCUT2D eigenvalue weighted by Crippen LogP contribution is 2.37. The summed E-state index contributed by atoms with van der Waals surface area (Å²) in [6.07, 6.45) is 2.12. The Morgan fingerprint density at radius 2 is 2.10 bits per heavy atom. The van der Waals surface area contributed by atoms with Crippen molar-refractivity contribution in [2.75, 3.05) is 33.1 Å². The molecule has 160 valence electrons. The van der Waals surface area contributed by atoms with Gasteiger partial charge in [0, 0.05) is 12.6 Å². The number of carbonyl (C=O) groups is 1. The molecule has 0 saturated carbocycles. The maximum Gasteiger partial charge on any atom is 0.348 e. The number of nitrogens with one attached hydrogen (secondary N) is 1. The number of carbonyl (C=O) groups excluding carboxylic acids is 1. The van der Waals surface area contributed by atoms with Crippen LogP contribution in [0.3, 0.4) is 0 Å². The van der Waals surface area contributed by atoms with E-state index in [9.17, 15) is 9.18 Å².